The Morgan fingerprint density at radius 2 is 2.35 bits per heavy atom. The number of methoxy groups -OCH3 is 1. The van der Waals surface area contributed by atoms with Gasteiger partial charge in [0.25, 0.3) is 5.69 Å². The molecule has 1 N–H and O–H groups in total. The van der Waals surface area contributed by atoms with Gasteiger partial charge in [0, 0.05) is 25.2 Å². The van der Waals surface area contributed by atoms with Crippen LogP contribution in [0.1, 0.15) is 6.42 Å². The van der Waals surface area contributed by atoms with Crippen LogP contribution >= 0.6 is 0 Å². The predicted octanol–water partition coefficient (Wildman–Crippen LogP) is 1.17. The van der Waals surface area contributed by atoms with Crippen molar-refractivity contribution in [2.75, 3.05) is 25.1 Å². The molecular weight excluding hydrogens is 224 g/mol. The molecule has 1 heterocycles. The fourth-order valence-corrected chi connectivity index (χ4v) is 2.00. The Hall–Kier alpha value is -1.82. The summed E-state index contributed by atoms with van der Waals surface area (Å²) >= 11 is 0. The number of nitro groups is 1. The third-order valence-electron chi connectivity index (χ3n) is 2.88. The number of anilines is 1. The number of β-amino-alcohol motifs (C(OH)–C–C–N with tert-alkyl or cyclic N) is 1. The van der Waals surface area contributed by atoms with Gasteiger partial charge in [-0.1, -0.05) is 0 Å². The molecule has 1 aromatic rings. The number of aliphatic hydroxyl groups is 1. The Morgan fingerprint density at radius 1 is 1.59 bits per heavy atom. The zero-order valence-electron chi connectivity index (χ0n) is 9.50. The zero-order valence-corrected chi connectivity index (χ0v) is 9.50. The van der Waals surface area contributed by atoms with Crippen molar-refractivity contribution in [3.8, 4) is 5.75 Å². The van der Waals surface area contributed by atoms with Crippen LogP contribution in [0.25, 0.3) is 0 Å². The SMILES string of the molecule is COc1ccc([N+](=O)[O-])c(N2CC[C@@H](O)C2)c1. The molecule has 1 aliphatic rings. The Kier molecular flexibility index (Phi) is 3.14. The van der Waals surface area contributed by atoms with E-state index in [9.17, 15) is 15.2 Å². The van der Waals surface area contributed by atoms with Crippen molar-refractivity contribution in [2.45, 2.75) is 12.5 Å². The van der Waals surface area contributed by atoms with E-state index in [1.54, 1.807) is 12.1 Å². The van der Waals surface area contributed by atoms with E-state index in [-0.39, 0.29) is 5.69 Å². The Morgan fingerprint density at radius 3 is 2.88 bits per heavy atom. The molecule has 0 aliphatic carbocycles. The van der Waals surface area contributed by atoms with Crippen molar-refractivity contribution in [2.24, 2.45) is 0 Å². The van der Waals surface area contributed by atoms with Gasteiger partial charge in [0.15, 0.2) is 0 Å². The van der Waals surface area contributed by atoms with Crippen LogP contribution in [-0.4, -0.2) is 36.3 Å². The summed E-state index contributed by atoms with van der Waals surface area (Å²) in [6, 6.07) is 4.63. The molecule has 0 bridgehead atoms. The average Bonchev–Trinajstić information content (AvgIpc) is 2.75. The number of hydrogen-bond acceptors (Lipinski definition) is 5. The minimum Gasteiger partial charge on any atom is -0.497 e. The number of benzene rings is 1. The Labute approximate surface area is 98.6 Å². The normalized spacial score (nSPS) is 19.4. The van der Waals surface area contributed by atoms with Crippen molar-refractivity contribution in [3.63, 3.8) is 0 Å². The first-order chi connectivity index (χ1) is 8.11. The molecule has 2 rings (SSSR count). The van der Waals surface area contributed by atoms with Crippen LogP contribution in [-0.2, 0) is 0 Å². The summed E-state index contributed by atoms with van der Waals surface area (Å²) in [5.74, 6) is 0.576. The molecule has 1 fully saturated rings. The average molecular weight is 238 g/mol. The fraction of sp³-hybridized carbons (Fsp3) is 0.455. The summed E-state index contributed by atoms with van der Waals surface area (Å²) in [4.78, 5) is 12.3. The second-order valence-electron chi connectivity index (χ2n) is 4.00. The van der Waals surface area contributed by atoms with Crippen LogP contribution in [0.15, 0.2) is 18.2 Å². The quantitative estimate of drug-likeness (QED) is 0.632. The summed E-state index contributed by atoms with van der Waals surface area (Å²) in [5, 5.41) is 20.4. The van der Waals surface area contributed by atoms with Gasteiger partial charge >= 0.3 is 0 Å². The lowest BCUT2D eigenvalue weighted by Gasteiger charge is -2.18. The molecule has 1 saturated heterocycles. The molecule has 0 aromatic heterocycles. The topological polar surface area (TPSA) is 75.8 Å². The van der Waals surface area contributed by atoms with Crippen molar-refractivity contribution in [1.29, 1.82) is 0 Å². The number of rotatable bonds is 3. The molecule has 1 atom stereocenters. The maximum atomic E-state index is 10.9. The van der Waals surface area contributed by atoms with Gasteiger partial charge in [-0.05, 0) is 12.5 Å². The lowest BCUT2D eigenvalue weighted by molar-refractivity contribution is -0.384. The second kappa shape index (κ2) is 4.58. The zero-order chi connectivity index (χ0) is 12.4. The number of nitrogens with zero attached hydrogens (tertiary/aromatic N) is 2. The first kappa shape index (κ1) is 11.7. The molecule has 0 radical (unpaired) electrons. The highest BCUT2D eigenvalue weighted by Gasteiger charge is 2.26. The van der Waals surface area contributed by atoms with Gasteiger partial charge in [-0.2, -0.15) is 0 Å². The van der Waals surface area contributed by atoms with E-state index in [0.717, 1.165) is 0 Å². The van der Waals surface area contributed by atoms with Gasteiger partial charge in [0.2, 0.25) is 0 Å². The molecule has 0 spiro atoms. The first-order valence-electron chi connectivity index (χ1n) is 5.37. The van der Waals surface area contributed by atoms with Crippen molar-refractivity contribution >= 4 is 11.4 Å². The molecule has 1 aliphatic heterocycles. The summed E-state index contributed by atoms with van der Waals surface area (Å²) in [5.41, 5.74) is 0.547. The number of hydrogen-bond donors (Lipinski definition) is 1. The standard InChI is InChI=1S/C11H14N2O4/c1-17-9-2-3-10(13(15)16)11(6-9)12-5-4-8(14)7-12/h2-3,6,8,14H,4-5,7H2,1H3/t8-/m1/s1. The van der Waals surface area contributed by atoms with Gasteiger partial charge < -0.3 is 14.7 Å². The van der Waals surface area contributed by atoms with Crippen LogP contribution < -0.4 is 9.64 Å². The third-order valence-corrected chi connectivity index (χ3v) is 2.88. The Bertz CT molecular complexity index is 435. The smallest absolute Gasteiger partial charge is 0.292 e. The van der Waals surface area contributed by atoms with Crippen molar-refractivity contribution < 1.29 is 14.8 Å². The van der Waals surface area contributed by atoms with E-state index in [0.29, 0.717) is 30.9 Å². The van der Waals surface area contributed by atoms with Crippen molar-refractivity contribution in [1.82, 2.24) is 0 Å². The lowest BCUT2D eigenvalue weighted by Crippen LogP contribution is -2.22. The van der Waals surface area contributed by atoms with E-state index < -0.39 is 11.0 Å². The monoisotopic (exact) mass is 238 g/mol. The van der Waals surface area contributed by atoms with Crippen LogP contribution in [0.4, 0.5) is 11.4 Å². The summed E-state index contributed by atoms with van der Waals surface area (Å²) in [6.07, 6.45) is 0.217. The highest BCUT2D eigenvalue weighted by molar-refractivity contribution is 5.66. The predicted molar refractivity (Wildman–Crippen MR) is 62.5 cm³/mol. The molecule has 1 aromatic carbocycles. The van der Waals surface area contributed by atoms with Gasteiger partial charge in [0.05, 0.1) is 18.1 Å². The molecule has 17 heavy (non-hydrogen) atoms. The van der Waals surface area contributed by atoms with Crippen LogP contribution in [0.2, 0.25) is 0 Å². The van der Waals surface area contributed by atoms with Crippen LogP contribution in [0.3, 0.4) is 0 Å². The molecule has 6 heteroatoms. The number of aliphatic hydroxyl groups excluding tert-OH is 1. The van der Waals surface area contributed by atoms with E-state index in [4.69, 9.17) is 4.74 Å². The maximum Gasteiger partial charge on any atom is 0.292 e. The maximum absolute atomic E-state index is 10.9. The number of nitro benzene ring substituents is 1. The minimum absolute atomic E-state index is 0.0416. The Balaban J connectivity index is 2.38. The molecule has 6 nitrogen and oxygen atoms in total. The summed E-state index contributed by atoms with van der Waals surface area (Å²) in [6.45, 7) is 1.04. The van der Waals surface area contributed by atoms with Crippen LogP contribution in [0.5, 0.6) is 5.75 Å². The van der Waals surface area contributed by atoms with E-state index >= 15 is 0 Å². The highest BCUT2D eigenvalue weighted by atomic mass is 16.6. The van der Waals surface area contributed by atoms with Gasteiger partial charge in [0.1, 0.15) is 11.4 Å². The summed E-state index contributed by atoms with van der Waals surface area (Å²) in [7, 11) is 1.52. The third kappa shape index (κ3) is 2.31. The van der Waals surface area contributed by atoms with Gasteiger partial charge in [-0.15, -0.1) is 0 Å². The molecule has 0 unspecified atom stereocenters. The molecular formula is C11H14N2O4. The molecule has 0 amide bonds. The van der Waals surface area contributed by atoms with Crippen molar-refractivity contribution in [3.05, 3.63) is 28.3 Å². The van der Waals surface area contributed by atoms with Crippen LogP contribution in [0, 0.1) is 10.1 Å². The lowest BCUT2D eigenvalue weighted by atomic mass is 10.2. The largest absolute Gasteiger partial charge is 0.497 e. The molecule has 0 saturated carbocycles. The van der Waals surface area contributed by atoms with E-state index in [1.165, 1.54) is 13.2 Å². The van der Waals surface area contributed by atoms with Gasteiger partial charge in [-0.3, -0.25) is 10.1 Å². The summed E-state index contributed by atoms with van der Waals surface area (Å²) < 4.78 is 5.06. The molecule has 92 valence electrons. The highest BCUT2D eigenvalue weighted by Crippen LogP contribution is 2.33. The van der Waals surface area contributed by atoms with E-state index in [2.05, 4.69) is 0 Å². The second-order valence-corrected chi connectivity index (χ2v) is 4.00. The van der Waals surface area contributed by atoms with Gasteiger partial charge in [-0.25, -0.2) is 0 Å². The number of ether oxygens (including phenoxy) is 1. The fourth-order valence-electron chi connectivity index (χ4n) is 2.00. The first-order valence-corrected chi connectivity index (χ1v) is 5.37. The van der Waals surface area contributed by atoms with E-state index in [1.807, 2.05) is 4.90 Å². The minimum atomic E-state index is -0.417.